The largest absolute Gasteiger partial charge is 0.296 e. The van der Waals surface area contributed by atoms with Gasteiger partial charge in [0.05, 0.1) is 9.75 Å². The van der Waals surface area contributed by atoms with E-state index in [2.05, 4.69) is 34.9 Å². The van der Waals surface area contributed by atoms with E-state index in [4.69, 9.17) is 0 Å². The maximum absolute atomic E-state index is 13.5. The molecule has 3 rings (SSSR count). The van der Waals surface area contributed by atoms with Gasteiger partial charge < -0.3 is 0 Å². The lowest BCUT2D eigenvalue weighted by Gasteiger charge is -2.15. The van der Waals surface area contributed by atoms with Gasteiger partial charge in [0.2, 0.25) is 7.29 Å². The summed E-state index contributed by atoms with van der Waals surface area (Å²) >= 11 is 3.44. The summed E-state index contributed by atoms with van der Waals surface area (Å²) in [4.78, 5) is 2.45. The van der Waals surface area contributed by atoms with Crippen LogP contribution in [-0.4, -0.2) is 6.54 Å². The zero-order valence-electron chi connectivity index (χ0n) is 15.3. The van der Waals surface area contributed by atoms with Gasteiger partial charge in [-0.1, -0.05) is 64.7 Å². The highest BCUT2D eigenvalue weighted by Gasteiger charge is 2.40. The van der Waals surface area contributed by atoms with E-state index in [9.17, 15) is 4.57 Å². The number of unbranched alkanes of at least 4 members (excludes halogenated alkanes) is 9. The van der Waals surface area contributed by atoms with Crippen molar-refractivity contribution in [2.45, 2.75) is 71.1 Å². The normalized spacial score (nSPS) is 14.6. The van der Waals surface area contributed by atoms with Gasteiger partial charge in [-0.25, -0.2) is 0 Å². The van der Waals surface area contributed by atoms with Crippen LogP contribution < -0.4 is 15.7 Å². The fourth-order valence-electron chi connectivity index (χ4n) is 3.59. The SMILES string of the molecule is CCCCCCCCCCCCNP1(=O)c2ccsc2-c2sccc21. The van der Waals surface area contributed by atoms with Crippen molar-refractivity contribution in [1.82, 2.24) is 5.09 Å². The number of nitrogens with one attached hydrogen (secondary N) is 1. The van der Waals surface area contributed by atoms with Crippen molar-refractivity contribution in [1.29, 1.82) is 0 Å². The summed E-state index contributed by atoms with van der Waals surface area (Å²) in [5, 5.41) is 9.68. The summed E-state index contributed by atoms with van der Waals surface area (Å²) in [7, 11) is -2.56. The quantitative estimate of drug-likeness (QED) is 0.327. The molecule has 0 saturated heterocycles. The molecule has 0 saturated carbocycles. The Balaban J connectivity index is 1.34. The van der Waals surface area contributed by atoms with Gasteiger partial charge in [0.25, 0.3) is 0 Å². The highest BCUT2D eigenvalue weighted by atomic mass is 32.1. The summed E-state index contributed by atoms with van der Waals surface area (Å²) in [5.41, 5.74) is 0. The van der Waals surface area contributed by atoms with Gasteiger partial charge in [-0.2, -0.15) is 0 Å². The van der Waals surface area contributed by atoms with E-state index in [-0.39, 0.29) is 0 Å². The molecule has 5 heteroatoms. The third-order valence-corrected chi connectivity index (χ3v) is 10.1. The van der Waals surface area contributed by atoms with Crippen LogP contribution in [0.2, 0.25) is 0 Å². The van der Waals surface area contributed by atoms with Gasteiger partial charge in [-0.3, -0.25) is 9.65 Å². The maximum atomic E-state index is 13.5. The maximum Gasteiger partial charge on any atom is 0.207 e. The molecular formula is C20H30NOPS2. The summed E-state index contributed by atoms with van der Waals surface area (Å²) in [6, 6.07) is 4.11. The van der Waals surface area contributed by atoms with Crippen molar-refractivity contribution in [3.05, 3.63) is 22.9 Å². The number of thiophene rings is 2. The first kappa shape index (κ1) is 19.4. The molecule has 25 heavy (non-hydrogen) atoms. The molecule has 0 aliphatic carbocycles. The van der Waals surface area contributed by atoms with Crippen LogP contribution in [0.1, 0.15) is 71.1 Å². The lowest BCUT2D eigenvalue weighted by atomic mass is 10.1. The van der Waals surface area contributed by atoms with Gasteiger partial charge in [0.1, 0.15) is 0 Å². The Morgan fingerprint density at radius 1 is 0.800 bits per heavy atom. The lowest BCUT2D eigenvalue weighted by molar-refractivity contribution is 0.550. The Labute approximate surface area is 160 Å². The fourth-order valence-corrected chi connectivity index (χ4v) is 9.25. The van der Waals surface area contributed by atoms with Crippen molar-refractivity contribution < 1.29 is 4.57 Å². The molecular weight excluding hydrogens is 365 g/mol. The molecule has 138 valence electrons. The first-order valence-electron chi connectivity index (χ1n) is 9.79. The van der Waals surface area contributed by atoms with Crippen LogP contribution in [0.25, 0.3) is 9.75 Å². The molecule has 0 spiro atoms. The van der Waals surface area contributed by atoms with E-state index < -0.39 is 7.29 Å². The van der Waals surface area contributed by atoms with Crippen molar-refractivity contribution in [3.63, 3.8) is 0 Å². The van der Waals surface area contributed by atoms with Gasteiger partial charge in [0.15, 0.2) is 0 Å². The minimum Gasteiger partial charge on any atom is -0.296 e. The van der Waals surface area contributed by atoms with Crippen LogP contribution in [0.4, 0.5) is 0 Å². The van der Waals surface area contributed by atoms with E-state index in [1.165, 1.54) is 67.5 Å². The average Bonchev–Trinajstić information content (AvgIpc) is 3.31. The average molecular weight is 396 g/mol. The van der Waals surface area contributed by atoms with Gasteiger partial charge in [-0.05, 0) is 29.3 Å². The van der Waals surface area contributed by atoms with Crippen molar-refractivity contribution >= 4 is 40.6 Å². The van der Waals surface area contributed by atoms with E-state index in [1.54, 1.807) is 22.7 Å². The Hall–Kier alpha value is -0.410. The molecule has 0 bridgehead atoms. The summed E-state index contributed by atoms with van der Waals surface area (Å²) in [6.07, 6.45) is 13.4. The highest BCUT2D eigenvalue weighted by molar-refractivity contribution is 7.79. The Morgan fingerprint density at radius 2 is 1.28 bits per heavy atom. The predicted octanol–water partition coefficient (Wildman–Crippen LogP) is 6.53. The fraction of sp³-hybridized carbons (Fsp3) is 0.600. The minimum atomic E-state index is -2.56. The Morgan fingerprint density at radius 3 is 1.80 bits per heavy atom. The standard InChI is InChI=1S/C20H30NOPS2/c1-2-3-4-5-6-7-8-9-10-11-14-21-23(22)17-12-15-24-19(17)20-18(23)13-16-25-20/h12-13,15-16H,2-11,14H2,1H3,(H,21,22). The van der Waals surface area contributed by atoms with Crippen LogP contribution in [0.3, 0.4) is 0 Å². The number of hydrogen-bond donors (Lipinski definition) is 1. The second-order valence-electron chi connectivity index (χ2n) is 6.97. The van der Waals surface area contributed by atoms with Crippen LogP contribution in [-0.2, 0) is 4.57 Å². The molecule has 1 aliphatic rings. The topological polar surface area (TPSA) is 29.1 Å². The molecule has 1 aliphatic heterocycles. The van der Waals surface area contributed by atoms with Crippen molar-refractivity contribution in [2.24, 2.45) is 0 Å². The molecule has 0 fully saturated rings. The zero-order chi connectivity index (χ0) is 17.5. The molecule has 0 atom stereocenters. The van der Waals surface area contributed by atoms with Crippen LogP contribution in [0.15, 0.2) is 22.9 Å². The van der Waals surface area contributed by atoms with Gasteiger partial charge in [0, 0.05) is 17.2 Å². The van der Waals surface area contributed by atoms with Gasteiger partial charge in [-0.15, -0.1) is 22.7 Å². The second-order valence-corrected chi connectivity index (χ2v) is 11.3. The lowest BCUT2D eigenvalue weighted by Crippen LogP contribution is -2.23. The van der Waals surface area contributed by atoms with E-state index >= 15 is 0 Å². The zero-order valence-corrected chi connectivity index (χ0v) is 17.8. The minimum absolute atomic E-state index is 0.859. The first-order chi connectivity index (χ1) is 12.3. The smallest absolute Gasteiger partial charge is 0.207 e. The van der Waals surface area contributed by atoms with E-state index in [0.717, 1.165) is 23.6 Å². The van der Waals surface area contributed by atoms with Crippen LogP contribution in [0.5, 0.6) is 0 Å². The number of fused-ring (bicyclic) bond motifs is 3. The van der Waals surface area contributed by atoms with Crippen LogP contribution in [0, 0.1) is 0 Å². The Kier molecular flexibility index (Phi) is 7.36. The van der Waals surface area contributed by atoms with Gasteiger partial charge >= 0.3 is 0 Å². The molecule has 2 aromatic rings. The van der Waals surface area contributed by atoms with Crippen molar-refractivity contribution in [3.8, 4) is 9.75 Å². The molecule has 0 radical (unpaired) electrons. The molecule has 1 N–H and O–H groups in total. The predicted molar refractivity (Wildman–Crippen MR) is 114 cm³/mol. The monoisotopic (exact) mass is 395 g/mol. The van der Waals surface area contributed by atoms with Crippen LogP contribution >= 0.6 is 30.0 Å². The third-order valence-electron chi connectivity index (χ3n) is 5.04. The molecule has 0 aromatic carbocycles. The third kappa shape index (κ3) is 4.47. The molecule has 2 nitrogen and oxygen atoms in total. The number of hydrogen-bond acceptors (Lipinski definition) is 3. The summed E-state index contributed by atoms with van der Waals surface area (Å²) in [5.74, 6) is 0. The van der Waals surface area contributed by atoms with E-state index in [0.29, 0.717) is 0 Å². The molecule has 0 amide bonds. The summed E-state index contributed by atoms with van der Waals surface area (Å²) < 4.78 is 13.5. The summed E-state index contributed by atoms with van der Waals surface area (Å²) in [6.45, 7) is 3.13. The molecule has 2 aromatic heterocycles. The highest BCUT2D eigenvalue weighted by Crippen LogP contribution is 2.53. The van der Waals surface area contributed by atoms with Crippen molar-refractivity contribution in [2.75, 3.05) is 6.54 Å². The van der Waals surface area contributed by atoms with E-state index in [1.807, 2.05) is 0 Å². The second kappa shape index (κ2) is 9.50. The molecule has 0 unspecified atom stereocenters. The number of rotatable bonds is 12. The first-order valence-corrected chi connectivity index (χ1v) is 13.3. The Bertz CT molecular complexity index is 662. The molecule has 3 heterocycles.